The number of benzene rings is 2. The first-order valence-corrected chi connectivity index (χ1v) is 9.33. The minimum Gasteiger partial charge on any atom is -0.478 e. The average molecular weight is 375 g/mol. The molecule has 0 aromatic heterocycles. The van der Waals surface area contributed by atoms with E-state index in [1.807, 2.05) is 56.3 Å². The smallest absolute Gasteiger partial charge is 0.335 e. The maximum atomic E-state index is 11.4. The second kappa shape index (κ2) is 9.60. The van der Waals surface area contributed by atoms with E-state index in [1.54, 1.807) is 6.07 Å². The summed E-state index contributed by atoms with van der Waals surface area (Å²) in [6.45, 7) is 6.07. The molecule has 4 nitrogen and oxygen atoms in total. The highest BCUT2D eigenvalue weighted by Gasteiger charge is 2.21. The zero-order valence-corrected chi connectivity index (χ0v) is 16.4. The lowest BCUT2D eigenvalue weighted by Crippen LogP contribution is -2.14. The van der Waals surface area contributed by atoms with Crippen molar-refractivity contribution in [3.05, 3.63) is 106 Å². The van der Waals surface area contributed by atoms with Gasteiger partial charge in [0.15, 0.2) is 0 Å². The van der Waals surface area contributed by atoms with Gasteiger partial charge in [-0.25, -0.2) is 4.79 Å². The van der Waals surface area contributed by atoms with Crippen molar-refractivity contribution >= 4 is 11.5 Å². The van der Waals surface area contributed by atoms with Gasteiger partial charge in [0.2, 0.25) is 0 Å². The quantitative estimate of drug-likeness (QED) is 0.638. The number of carboxylic acids is 1. The normalized spacial score (nSPS) is 17.8. The summed E-state index contributed by atoms with van der Waals surface area (Å²) in [7, 11) is 0. The van der Waals surface area contributed by atoms with Gasteiger partial charge in [-0.15, -0.1) is 0 Å². The topological polar surface area (TPSA) is 66.7 Å². The highest BCUT2D eigenvalue weighted by atomic mass is 16.4. The lowest BCUT2D eigenvalue weighted by Gasteiger charge is -2.22. The summed E-state index contributed by atoms with van der Waals surface area (Å²) in [6.07, 6.45) is 10.1. The van der Waals surface area contributed by atoms with Crippen LogP contribution in [-0.2, 0) is 12.0 Å². The van der Waals surface area contributed by atoms with Gasteiger partial charge in [0.05, 0.1) is 5.56 Å². The SMILES string of the molecule is CC.CC1(c2ccccc2)C=CC=C(c2cc(CN=O)cc(C(=O)O)c2)C=C1. The Morgan fingerprint density at radius 1 is 1.07 bits per heavy atom. The number of rotatable bonds is 5. The molecule has 0 aliphatic heterocycles. The number of allylic oxidation sites excluding steroid dienone is 6. The molecular weight excluding hydrogens is 350 g/mol. The van der Waals surface area contributed by atoms with E-state index >= 15 is 0 Å². The van der Waals surface area contributed by atoms with E-state index in [4.69, 9.17) is 0 Å². The fourth-order valence-electron chi connectivity index (χ4n) is 3.06. The van der Waals surface area contributed by atoms with Crippen molar-refractivity contribution in [2.24, 2.45) is 5.18 Å². The Labute approximate surface area is 165 Å². The molecule has 0 fully saturated rings. The van der Waals surface area contributed by atoms with E-state index < -0.39 is 5.97 Å². The Kier molecular flexibility index (Phi) is 7.21. The summed E-state index contributed by atoms with van der Waals surface area (Å²) in [6, 6.07) is 15.1. The molecule has 1 aliphatic rings. The van der Waals surface area contributed by atoms with Gasteiger partial charge >= 0.3 is 5.97 Å². The van der Waals surface area contributed by atoms with Crippen molar-refractivity contribution < 1.29 is 9.90 Å². The molecule has 144 valence electrons. The number of hydrogen-bond acceptors (Lipinski definition) is 3. The number of carboxylic acid groups (broad SMARTS) is 1. The van der Waals surface area contributed by atoms with Gasteiger partial charge in [-0.3, -0.25) is 0 Å². The lowest BCUT2D eigenvalue weighted by molar-refractivity contribution is 0.0696. The molecule has 1 atom stereocenters. The van der Waals surface area contributed by atoms with Crippen LogP contribution in [0.1, 0.15) is 47.8 Å². The minimum atomic E-state index is -1.03. The van der Waals surface area contributed by atoms with Crippen LogP contribution in [0.2, 0.25) is 0 Å². The zero-order chi connectivity index (χ0) is 20.6. The van der Waals surface area contributed by atoms with Crippen LogP contribution in [0.25, 0.3) is 5.57 Å². The molecule has 0 saturated heterocycles. The van der Waals surface area contributed by atoms with Gasteiger partial charge in [0.25, 0.3) is 0 Å². The van der Waals surface area contributed by atoms with Crippen molar-refractivity contribution in [1.82, 2.24) is 0 Å². The first-order valence-electron chi connectivity index (χ1n) is 9.33. The molecule has 1 aliphatic carbocycles. The van der Waals surface area contributed by atoms with Gasteiger partial charge in [-0.1, -0.05) is 79.7 Å². The number of aromatic carboxylic acids is 1. The van der Waals surface area contributed by atoms with E-state index in [0.717, 1.165) is 11.1 Å². The molecule has 0 radical (unpaired) electrons. The molecular formula is C24H25NO3. The van der Waals surface area contributed by atoms with Crippen molar-refractivity contribution in [3.8, 4) is 0 Å². The van der Waals surface area contributed by atoms with Gasteiger partial charge in [0.1, 0.15) is 6.54 Å². The van der Waals surface area contributed by atoms with E-state index in [0.29, 0.717) is 5.56 Å². The molecule has 4 heteroatoms. The molecule has 0 amide bonds. The van der Waals surface area contributed by atoms with E-state index in [2.05, 4.69) is 36.4 Å². The Morgan fingerprint density at radius 3 is 2.43 bits per heavy atom. The fraction of sp³-hybridized carbons (Fsp3) is 0.208. The molecule has 0 spiro atoms. The first-order chi connectivity index (χ1) is 13.5. The van der Waals surface area contributed by atoms with Crippen molar-refractivity contribution in [2.75, 3.05) is 0 Å². The molecule has 0 saturated carbocycles. The second-order valence-electron chi connectivity index (χ2n) is 6.47. The molecule has 1 N–H and O–H groups in total. The predicted octanol–water partition coefficient (Wildman–Crippen LogP) is 6.14. The summed E-state index contributed by atoms with van der Waals surface area (Å²) in [5.41, 5.74) is 3.29. The van der Waals surface area contributed by atoms with Crippen LogP contribution in [-0.4, -0.2) is 11.1 Å². The van der Waals surface area contributed by atoms with E-state index in [-0.39, 0.29) is 17.5 Å². The van der Waals surface area contributed by atoms with Crippen LogP contribution in [0.3, 0.4) is 0 Å². The average Bonchev–Trinajstić information content (AvgIpc) is 2.93. The van der Waals surface area contributed by atoms with Crippen LogP contribution in [0, 0.1) is 4.91 Å². The Morgan fingerprint density at radius 2 is 1.79 bits per heavy atom. The van der Waals surface area contributed by atoms with Crippen LogP contribution in [0.5, 0.6) is 0 Å². The molecule has 2 aromatic rings. The maximum absolute atomic E-state index is 11.4. The zero-order valence-electron chi connectivity index (χ0n) is 16.4. The Hall–Kier alpha value is -3.27. The third kappa shape index (κ3) is 4.92. The Balaban J connectivity index is 0.00000136. The van der Waals surface area contributed by atoms with Crippen LogP contribution >= 0.6 is 0 Å². The number of nitrogens with zero attached hydrogens (tertiary/aromatic N) is 1. The molecule has 2 aromatic carbocycles. The van der Waals surface area contributed by atoms with Gasteiger partial charge in [0, 0.05) is 5.41 Å². The standard InChI is InChI=1S/C22H19NO3.C2H6/c1-22(20-7-3-2-4-8-20)10-5-6-17(9-11-22)18-12-16(15-23-26)13-19(14-18)21(24)25;1-2/h2-14H,15H2,1H3,(H,24,25);1-2H3. The number of hydrogen-bond donors (Lipinski definition) is 1. The van der Waals surface area contributed by atoms with Crippen LogP contribution in [0.4, 0.5) is 0 Å². The van der Waals surface area contributed by atoms with Gasteiger partial charge < -0.3 is 5.11 Å². The number of nitroso groups, excluding NO2 is 1. The summed E-state index contributed by atoms with van der Waals surface area (Å²) in [4.78, 5) is 22.0. The van der Waals surface area contributed by atoms with Crippen LogP contribution < -0.4 is 0 Å². The summed E-state index contributed by atoms with van der Waals surface area (Å²) in [5.74, 6) is -1.03. The van der Waals surface area contributed by atoms with Crippen molar-refractivity contribution in [1.29, 1.82) is 0 Å². The first kappa shape index (κ1) is 21.0. The third-order valence-corrected chi connectivity index (χ3v) is 4.54. The highest BCUT2D eigenvalue weighted by molar-refractivity contribution is 5.90. The lowest BCUT2D eigenvalue weighted by atomic mass is 9.82. The molecule has 0 bridgehead atoms. The second-order valence-corrected chi connectivity index (χ2v) is 6.47. The third-order valence-electron chi connectivity index (χ3n) is 4.54. The predicted molar refractivity (Wildman–Crippen MR) is 114 cm³/mol. The fourth-order valence-corrected chi connectivity index (χ4v) is 3.06. The monoisotopic (exact) mass is 375 g/mol. The van der Waals surface area contributed by atoms with E-state index in [1.165, 1.54) is 11.6 Å². The van der Waals surface area contributed by atoms with Gasteiger partial charge in [-0.2, -0.15) is 4.91 Å². The van der Waals surface area contributed by atoms with Crippen molar-refractivity contribution in [2.45, 2.75) is 32.7 Å². The van der Waals surface area contributed by atoms with Crippen LogP contribution in [0.15, 0.2) is 84.1 Å². The Bertz CT molecular complexity index is 926. The molecule has 1 unspecified atom stereocenters. The maximum Gasteiger partial charge on any atom is 0.335 e. The van der Waals surface area contributed by atoms with Gasteiger partial charge in [-0.05, 0) is 47.4 Å². The highest BCUT2D eigenvalue weighted by Crippen LogP contribution is 2.31. The molecule has 28 heavy (non-hydrogen) atoms. The van der Waals surface area contributed by atoms with Crippen molar-refractivity contribution in [3.63, 3.8) is 0 Å². The summed E-state index contributed by atoms with van der Waals surface area (Å²) in [5, 5.41) is 12.2. The minimum absolute atomic E-state index is 0.0529. The number of carbonyl (C=O) groups is 1. The van der Waals surface area contributed by atoms with E-state index in [9.17, 15) is 14.8 Å². The molecule has 3 rings (SSSR count). The summed E-state index contributed by atoms with van der Waals surface area (Å²) < 4.78 is 0. The molecule has 0 heterocycles. The summed E-state index contributed by atoms with van der Waals surface area (Å²) >= 11 is 0. The largest absolute Gasteiger partial charge is 0.478 e.